The number of allylic oxidation sites excluding steroid dienone is 1. The number of nitrogens with two attached hydrogens (primary N) is 1. The molecule has 0 spiro atoms. The molecule has 1 aliphatic heterocycles. The fourth-order valence-electron chi connectivity index (χ4n) is 2.04. The van der Waals surface area contributed by atoms with Crippen LogP contribution in [0.3, 0.4) is 0 Å². The second-order valence-electron chi connectivity index (χ2n) is 4.24. The van der Waals surface area contributed by atoms with E-state index in [-0.39, 0.29) is 25.2 Å². The standard InChI is InChI=1S/C12H18F3N3O/c1-2-17-8-10-12(14,15)4-6-18(10)11(19)9(7-16)3-5-13/h2-3,10H,4-8,16H2,1H3/b9-3+,17-2-. The monoisotopic (exact) mass is 277 g/mol. The van der Waals surface area contributed by atoms with Gasteiger partial charge in [-0.1, -0.05) is 0 Å². The number of aliphatic imine (C=N–C) groups is 1. The second-order valence-corrected chi connectivity index (χ2v) is 4.24. The van der Waals surface area contributed by atoms with Gasteiger partial charge in [-0.2, -0.15) is 0 Å². The molecule has 0 aromatic carbocycles. The molecular weight excluding hydrogens is 259 g/mol. The smallest absolute Gasteiger partial charge is 0.271 e. The lowest BCUT2D eigenvalue weighted by molar-refractivity contribution is -0.131. The number of likely N-dealkylation sites (tertiary alicyclic amines) is 1. The van der Waals surface area contributed by atoms with Crippen LogP contribution in [0.1, 0.15) is 13.3 Å². The van der Waals surface area contributed by atoms with Crippen LogP contribution in [0.25, 0.3) is 0 Å². The highest BCUT2D eigenvalue weighted by atomic mass is 19.3. The second kappa shape index (κ2) is 6.70. The molecule has 4 nitrogen and oxygen atoms in total. The zero-order valence-corrected chi connectivity index (χ0v) is 10.8. The van der Waals surface area contributed by atoms with E-state index in [0.717, 1.165) is 11.0 Å². The van der Waals surface area contributed by atoms with Gasteiger partial charge in [0.05, 0.1) is 6.54 Å². The fourth-order valence-corrected chi connectivity index (χ4v) is 2.04. The Labute approximate surface area is 110 Å². The predicted molar refractivity (Wildman–Crippen MR) is 67.2 cm³/mol. The molecular formula is C12H18F3N3O. The molecule has 1 unspecified atom stereocenters. The van der Waals surface area contributed by atoms with Crippen LogP contribution in [-0.4, -0.2) is 55.3 Å². The molecule has 0 aliphatic carbocycles. The highest BCUT2D eigenvalue weighted by Crippen LogP contribution is 2.34. The third-order valence-electron chi connectivity index (χ3n) is 3.09. The van der Waals surface area contributed by atoms with E-state index in [0.29, 0.717) is 0 Å². The Morgan fingerprint density at radius 3 is 2.79 bits per heavy atom. The van der Waals surface area contributed by atoms with Gasteiger partial charge >= 0.3 is 0 Å². The Morgan fingerprint density at radius 1 is 1.58 bits per heavy atom. The average molecular weight is 277 g/mol. The summed E-state index contributed by atoms with van der Waals surface area (Å²) in [6, 6.07) is -1.29. The van der Waals surface area contributed by atoms with Crippen LogP contribution < -0.4 is 5.73 Å². The molecule has 1 aliphatic rings. The lowest BCUT2D eigenvalue weighted by Crippen LogP contribution is -2.45. The molecule has 0 bridgehead atoms. The van der Waals surface area contributed by atoms with Crippen LogP contribution in [0.5, 0.6) is 0 Å². The van der Waals surface area contributed by atoms with E-state index in [9.17, 15) is 18.0 Å². The molecule has 0 aromatic rings. The van der Waals surface area contributed by atoms with Crippen molar-refractivity contribution >= 4 is 12.1 Å². The van der Waals surface area contributed by atoms with E-state index in [1.807, 2.05) is 0 Å². The van der Waals surface area contributed by atoms with Crippen LogP contribution >= 0.6 is 0 Å². The summed E-state index contributed by atoms with van der Waals surface area (Å²) in [5.74, 6) is -3.61. The summed E-state index contributed by atoms with van der Waals surface area (Å²) in [4.78, 5) is 16.9. The molecule has 1 rings (SSSR count). The highest BCUT2D eigenvalue weighted by molar-refractivity contribution is 5.94. The third-order valence-corrected chi connectivity index (χ3v) is 3.09. The molecule has 1 amide bonds. The summed E-state index contributed by atoms with van der Waals surface area (Å²) < 4.78 is 39.7. The minimum Gasteiger partial charge on any atom is -0.328 e. The molecule has 0 saturated carbocycles. The molecule has 108 valence electrons. The zero-order chi connectivity index (χ0) is 14.5. The van der Waals surface area contributed by atoms with Gasteiger partial charge < -0.3 is 10.6 Å². The summed E-state index contributed by atoms with van der Waals surface area (Å²) in [6.07, 6.45) is 2.04. The van der Waals surface area contributed by atoms with E-state index in [1.165, 1.54) is 6.21 Å². The van der Waals surface area contributed by atoms with Crippen molar-refractivity contribution in [3.8, 4) is 0 Å². The normalized spacial score (nSPS) is 23.3. The third kappa shape index (κ3) is 3.56. The van der Waals surface area contributed by atoms with Crippen molar-refractivity contribution in [2.75, 3.05) is 26.3 Å². The minimum absolute atomic E-state index is 0.0191. The molecule has 19 heavy (non-hydrogen) atoms. The Bertz CT molecular complexity index is 382. The molecule has 1 saturated heterocycles. The first kappa shape index (κ1) is 15.7. The number of nitrogens with zero attached hydrogens (tertiary/aromatic N) is 2. The fraction of sp³-hybridized carbons (Fsp3) is 0.667. The van der Waals surface area contributed by atoms with Gasteiger partial charge in [0.15, 0.2) is 0 Å². The summed E-state index contributed by atoms with van der Waals surface area (Å²) >= 11 is 0. The summed E-state index contributed by atoms with van der Waals surface area (Å²) in [7, 11) is 0. The van der Waals surface area contributed by atoms with Crippen molar-refractivity contribution in [1.29, 1.82) is 0 Å². The van der Waals surface area contributed by atoms with Gasteiger partial charge in [0, 0.05) is 25.1 Å². The number of amides is 1. The number of carbonyl (C=O) groups excluding carboxylic acids is 1. The van der Waals surface area contributed by atoms with Crippen LogP contribution in [0.4, 0.5) is 13.2 Å². The van der Waals surface area contributed by atoms with Crippen molar-refractivity contribution in [2.45, 2.75) is 25.3 Å². The molecule has 1 heterocycles. The SMILES string of the molecule is C/C=N\CC1N(C(=O)/C(=C/CF)CN)CCC1(F)F. The first-order chi connectivity index (χ1) is 8.97. The Morgan fingerprint density at radius 2 is 2.26 bits per heavy atom. The lowest BCUT2D eigenvalue weighted by atomic mass is 10.1. The van der Waals surface area contributed by atoms with Crippen LogP contribution in [0, 0.1) is 0 Å². The Kier molecular flexibility index (Phi) is 5.53. The van der Waals surface area contributed by atoms with Gasteiger partial charge in [0.1, 0.15) is 12.7 Å². The maximum absolute atomic E-state index is 13.7. The number of hydrogen-bond donors (Lipinski definition) is 1. The molecule has 1 fully saturated rings. The van der Waals surface area contributed by atoms with Gasteiger partial charge in [-0.15, -0.1) is 0 Å². The topological polar surface area (TPSA) is 58.7 Å². The van der Waals surface area contributed by atoms with E-state index in [4.69, 9.17) is 5.73 Å². The highest BCUT2D eigenvalue weighted by Gasteiger charge is 2.50. The molecule has 2 N–H and O–H groups in total. The quantitative estimate of drug-likeness (QED) is 0.605. The molecule has 7 heteroatoms. The summed E-state index contributed by atoms with van der Waals surface area (Å²) in [5.41, 5.74) is 5.36. The largest absolute Gasteiger partial charge is 0.328 e. The van der Waals surface area contributed by atoms with Crippen LogP contribution in [0.15, 0.2) is 16.6 Å². The maximum Gasteiger partial charge on any atom is 0.271 e. The minimum atomic E-state index is -2.97. The van der Waals surface area contributed by atoms with E-state index in [2.05, 4.69) is 4.99 Å². The molecule has 0 aromatic heterocycles. The van der Waals surface area contributed by atoms with E-state index < -0.39 is 31.0 Å². The van der Waals surface area contributed by atoms with Gasteiger partial charge in [-0.3, -0.25) is 9.79 Å². The lowest BCUT2D eigenvalue weighted by Gasteiger charge is -2.27. The van der Waals surface area contributed by atoms with Crippen molar-refractivity contribution < 1.29 is 18.0 Å². The van der Waals surface area contributed by atoms with Crippen molar-refractivity contribution in [3.63, 3.8) is 0 Å². The zero-order valence-electron chi connectivity index (χ0n) is 10.8. The number of hydrogen-bond acceptors (Lipinski definition) is 3. The maximum atomic E-state index is 13.7. The van der Waals surface area contributed by atoms with Crippen LogP contribution in [0.2, 0.25) is 0 Å². The number of carbonyl (C=O) groups is 1. The summed E-state index contributed by atoms with van der Waals surface area (Å²) in [5, 5.41) is 0. The number of alkyl halides is 3. The van der Waals surface area contributed by atoms with Gasteiger partial charge in [0.2, 0.25) is 0 Å². The van der Waals surface area contributed by atoms with E-state index in [1.54, 1.807) is 6.92 Å². The molecule has 0 radical (unpaired) electrons. The van der Waals surface area contributed by atoms with Crippen molar-refractivity contribution in [2.24, 2.45) is 10.7 Å². The van der Waals surface area contributed by atoms with Crippen molar-refractivity contribution in [1.82, 2.24) is 4.90 Å². The van der Waals surface area contributed by atoms with Crippen molar-refractivity contribution in [3.05, 3.63) is 11.6 Å². The average Bonchev–Trinajstić information content (AvgIpc) is 2.68. The first-order valence-electron chi connectivity index (χ1n) is 6.06. The number of rotatable bonds is 5. The first-order valence-corrected chi connectivity index (χ1v) is 6.06. The Balaban J connectivity index is 2.91. The molecule has 1 atom stereocenters. The van der Waals surface area contributed by atoms with Gasteiger partial charge in [-0.25, -0.2) is 13.2 Å². The summed E-state index contributed by atoms with van der Waals surface area (Å²) in [6.45, 7) is 0.366. The number of halogens is 3. The van der Waals surface area contributed by atoms with Crippen LogP contribution in [-0.2, 0) is 4.79 Å². The predicted octanol–water partition coefficient (Wildman–Crippen LogP) is 1.17. The Hall–Kier alpha value is -1.37. The van der Waals surface area contributed by atoms with Gasteiger partial charge in [0.25, 0.3) is 11.8 Å². The van der Waals surface area contributed by atoms with E-state index >= 15 is 0 Å². The van der Waals surface area contributed by atoms with Gasteiger partial charge in [-0.05, 0) is 19.2 Å².